The van der Waals surface area contributed by atoms with Gasteiger partial charge in [-0.25, -0.2) is 0 Å². The number of hydrogen-bond acceptors (Lipinski definition) is 4. The van der Waals surface area contributed by atoms with E-state index in [-0.39, 0.29) is 22.6 Å². The Morgan fingerprint density at radius 2 is 2.33 bits per heavy atom. The molecule has 2 aliphatic rings. The van der Waals surface area contributed by atoms with Gasteiger partial charge in [0.15, 0.2) is 5.12 Å². The summed E-state index contributed by atoms with van der Waals surface area (Å²) >= 11 is 1.35. The molecule has 12 heavy (non-hydrogen) atoms. The molecule has 2 heterocycles. The predicted molar refractivity (Wildman–Crippen MR) is 46.2 cm³/mol. The van der Waals surface area contributed by atoms with E-state index in [4.69, 9.17) is 9.47 Å². The van der Waals surface area contributed by atoms with Gasteiger partial charge in [0.1, 0.15) is 0 Å². The second-order valence-corrected chi connectivity index (χ2v) is 4.56. The molecule has 0 radical (unpaired) electrons. The van der Waals surface area contributed by atoms with Crippen LogP contribution >= 0.6 is 11.8 Å². The molecule has 0 aliphatic carbocycles. The number of rotatable bonds is 1. The fourth-order valence-corrected chi connectivity index (χ4v) is 2.71. The predicted octanol–water partition coefficient (Wildman–Crippen LogP) is 0.822. The van der Waals surface area contributed by atoms with E-state index in [0.717, 1.165) is 13.0 Å². The zero-order chi connectivity index (χ0) is 8.55. The standard InChI is InChI=1S/C8H12O3S/c1-5(9)12-7-4-11-6-2-3-10-8(6)7/h6-8H,2-4H2,1H3/t6-,7+,8+/m1/s1. The van der Waals surface area contributed by atoms with Gasteiger partial charge in [-0.05, 0) is 6.42 Å². The van der Waals surface area contributed by atoms with Crippen molar-refractivity contribution in [1.29, 1.82) is 0 Å². The molecule has 3 nitrogen and oxygen atoms in total. The number of fused-ring (bicyclic) bond motifs is 1. The molecular weight excluding hydrogens is 176 g/mol. The highest BCUT2D eigenvalue weighted by atomic mass is 32.2. The summed E-state index contributed by atoms with van der Waals surface area (Å²) in [5, 5.41) is 0.384. The summed E-state index contributed by atoms with van der Waals surface area (Å²) in [7, 11) is 0. The molecule has 4 heteroatoms. The average molecular weight is 188 g/mol. The molecule has 2 saturated heterocycles. The Kier molecular flexibility index (Phi) is 2.39. The maximum absolute atomic E-state index is 10.8. The van der Waals surface area contributed by atoms with Crippen molar-refractivity contribution >= 4 is 16.9 Å². The third-order valence-corrected chi connectivity index (χ3v) is 3.28. The van der Waals surface area contributed by atoms with Crippen molar-refractivity contribution in [3.8, 4) is 0 Å². The van der Waals surface area contributed by atoms with Crippen LogP contribution in [-0.4, -0.2) is 35.8 Å². The second kappa shape index (κ2) is 3.36. The number of ether oxygens (including phenoxy) is 2. The molecule has 68 valence electrons. The smallest absolute Gasteiger partial charge is 0.186 e. The minimum absolute atomic E-state index is 0.153. The Bertz CT molecular complexity index is 195. The molecule has 0 N–H and O–H groups in total. The first-order chi connectivity index (χ1) is 5.77. The van der Waals surface area contributed by atoms with Crippen molar-refractivity contribution in [1.82, 2.24) is 0 Å². The second-order valence-electron chi connectivity index (χ2n) is 3.14. The van der Waals surface area contributed by atoms with Crippen molar-refractivity contribution in [3.63, 3.8) is 0 Å². The van der Waals surface area contributed by atoms with E-state index in [2.05, 4.69) is 0 Å². The van der Waals surface area contributed by atoms with Crippen LogP contribution in [0.3, 0.4) is 0 Å². The van der Waals surface area contributed by atoms with Gasteiger partial charge in [0.25, 0.3) is 0 Å². The summed E-state index contributed by atoms with van der Waals surface area (Å²) in [5.74, 6) is 0. The Morgan fingerprint density at radius 3 is 3.08 bits per heavy atom. The van der Waals surface area contributed by atoms with Crippen LogP contribution in [0.4, 0.5) is 0 Å². The van der Waals surface area contributed by atoms with E-state index in [1.807, 2.05) is 0 Å². The lowest BCUT2D eigenvalue weighted by molar-refractivity contribution is -0.109. The Morgan fingerprint density at radius 1 is 1.50 bits per heavy atom. The van der Waals surface area contributed by atoms with Gasteiger partial charge in [0.05, 0.1) is 24.1 Å². The number of carbonyl (C=O) groups is 1. The van der Waals surface area contributed by atoms with Gasteiger partial charge >= 0.3 is 0 Å². The molecular formula is C8H12O3S. The molecule has 0 saturated carbocycles. The SMILES string of the molecule is CC(=O)S[C@H]1CO[C@@H]2CCO[C@H]12. The van der Waals surface area contributed by atoms with Gasteiger partial charge in [0, 0.05) is 13.5 Å². The van der Waals surface area contributed by atoms with E-state index in [9.17, 15) is 4.79 Å². The molecule has 2 aliphatic heterocycles. The molecule has 0 spiro atoms. The summed E-state index contributed by atoms with van der Waals surface area (Å²) in [5.41, 5.74) is 0. The summed E-state index contributed by atoms with van der Waals surface area (Å²) in [6, 6.07) is 0. The van der Waals surface area contributed by atoms with Crippen LogP contribution < -0.4 is 0 Å². The molecule has 3 atom stereocenters. The zero-order valence-electron chi connectivity index (χ0n) is 6.99. The molecule has 2 fully saturated rings. The number of carbonyl (C=O) groups excluding carboxylic acids is 1. The quantitative estimate of drug-likeness (QED) is 0.610. The summed E-state index contributed by atoms with van der Waals surface area (Å²) < 4.78 is 11.0. The van der Waals surface area contributed by atoms with Gasteiger partial charge in [-0.2, -0.15) is 0 Å². The molecule has 0 bridgehead atoms. The highest BCUT2D eigenvalue weighted by Crippen LogP contribution is 2.33. The van der Waals surface area contributed by atoms with Gasteiger partial charge in [0.2, 0.25) is 0 Å². The summed E-state index contributed by atoms with van der Waals surface area (Å²) in [6.45, 7) is 3.04. The zero-order valence-corrected chi connectivity index (χ0v) is 7.80. The fraction of sp³-hybridized carbons (Fsp3) is 0.875. The molecule has 2 rings (SSSR count). The Labute approximate surface area is 75.8 Å². The Balaban J connectivity index is 1.95. The molecule has 0 amide bonds. The molecule has 0 aromatic heterocycles. The van der Waals surface area contributed by atoms with Gasteiger partial charge in [-0.1, -0.05) is 11.8 Å². The summed E-state index contributed by atoms with van der Waals surface area (Å²) in [4.78, 5) is 10.8. The first-order valence-corrected chi connectivity index (χ1v) is 5.06. The Hall–Kier alpha value is -0.0600. The van der Waals surface area contributed by atoms with Gasteiger partial charge in [-0.3, -0.25) is 4.79 Å². The fourth-order valence-electron chi connectivity index (χ4n) is 1.74. The first-order valence-electron chi connectivity index (χ1n) is 4.18. The van der Waals surface area contributed by atoms with E-state index in [1.54, 1.807) is 6.92 Å². The van der Waals surface area contributed by atoms with Crippen molar-refractivity contribution in [2.75, 3.05) is 13.2 Å². The van der Waals surface area contributed by atoms with Crippen LogP contribution in [0.5, 0.6) is 0 Å². The largest absolute Gasteiger partial charge is 0.374 e. The van der Waals surface area contributed by atoms with Crippen LogP contribution in [0, 0.1) is 0 Å². The molecule has 0 unspecified atom stereocenters. The molecule has 0 aromatic rings. The summed E-state index contributed by atoms with van der Waals surface area (Å²) in [6.07, 6.45) is 1.40. The lowest BCUT2D eigenvalue weighted by Gasteiger charge is -2.12. The van der Waals surface area contributed by atoms with E-state index < -0.39 is 0 Å². The first kappa shape index (κ1) is 8.53. The maximum Gasteiger partial charge on any atom is 0.186 e. The average Bonchev–Trinajstić information content (AvgIpc) is 2.52. The third-order valence-electron chi connectivity index (χ3n) is 2.24. The van der Waals surface area contributed by atoms with Gasteiger partial charge < -0.3 is 9.47 Å². The van der Waals surface area contributed by atoms with E-state index >= 15 is 0 Å². The lowest BCUT2D eigenvalue weighted by Crippen LogP contribution is -2.25. The minimum atomic E-state index is 0.153. The maximum atomic E-state index is 10.8. The van der Waals surface area contributed by atoms with Crippen molar-refractivity contribution in [3.05, 3.63) is 0 Å². The van der Waals surface area contributed by atoms with Crippen molar-refractivity contribution in [2.24, 2.45) is 0 Å². The van der Waals surface area contributed by atoms with Crippen LogP contribution in [0.15, 0.2) is 0 Å². The third kappa shape index (κ3) is 1.51. The number of hydrogen-bond donors (Lipinski definition) is 0. The van der Waals surface area contributed by atoms with E-state index in [1.165, 1.54) is 11.8 Å². The van der Waals surface area contributed by atoms with Gasteiger partial charge in [-0.15, -0.1) is 0 Å². The molecule has 0 aromatic carbocycles. The van der Waals surface area contributed by atoms with Crippen LogP contribution in [0.2, 0.25) is 0 Å². The van der Waals surface area contributed by atoms with E-state index in [0.29, 0.717) is 6.61 Å². The highest BCUT2D eigenvalue weighted by molar-refractivity contribution is 8.14. The monoisotopic (exact) mass is 188 g/mol. The number of thioether (sulfide) groups is 1. The highest BCUT2D eigenvalue weighted by Gasteiger charge is 2.42. The van der Waals surface area contributed by atoms with Crippen LogP contribution in [0.1, 0.15) is 13.3 Å². The van der Waals surface area contributed by atoms with Crippen LogP contribution in [0.25, 0.3) is 0 Å². The van der Waals surface area contributed by atoms with Crippen LogP contribution in [-0.2, 0) is 14.3 Å². The van der Waals surface area contributed by atoms with Crippen molar-refractivity contribution in [2.45, 2.75) is 30.8 Å². The topological polar surface area (TPSA) is 35.5 Å². The lowest BCUT2D eigenvalue weighted by atomic mass is 10.2. The normalized spacial score (nSPS) is 39.9. The van der Waals surface area contributed by atoms with Crippen molar-refractivity contribution < 1.29 is 14.3 Å². The minimum Gasteiger partial charge on any atom is -0.374 e.